The predicted molar refractivity (Wildman–Crippen MR) is 278 cm³/mol. The van der Waals surface area contributed by atoms with Crippen LogP contribution < -0.4 is 16.7 Å². The van der Waals surface area contributed by atoms with Crippen molar-refractivity contribution in [3.63, 3.8) is 0 Å². The molecule has 71 heavy (non-hydrogen) atoms. The van der Waals surface area contributed by atoms with E-state index in [1.165, 1.54) is 6.07 Å². The van der Waals surface area contributed by atoms with Crippen molar-refractivity contribution < 1.29 is 4.39 Å². The topological polar surface area (TPSA) is 130 Å². The predicted octanol–water partition coefficient (Wildman–Crippen LogP) is 9.47. The Hall–Kier alpha value is -7.72. The summed E-state index contributed by atoms with van der Waals surface area (Å²) in [6.07, 6.45) is 14.0. The second-order valence-corrected chi connectivity index (χ2v) is 21.2. The summed E-state index contributed by atoms with van der Waals surface area (Å²) < 4.78 is 19.8. The summed E-state index contributed by atoms with van der Waals surface area (Å²) in [5.41, 5.74) is 5.02. The van der Waals surface area contributed by atoms with Crippen molar-refractivity contribution in [1.29, 1.82) is 0 Å². The van der Waals surface area contributed by atoms with E-state index >= 15 is 0 Å². The van der Waals surface area contributed by atoms with Gasteiger partial charge in [-0.05, 0) is 114 Å². The zero-order valence-corrected chi connectivity index (χ0v) is 41.4. The van der Waals surface area contributed by atoms with E-state index in [-0.39, 0.29) is 38.3 Å². The molecule has 3 aliphatic rings. The third-order valence-electron chi connectivity index (χ3n) is 13.3. The van der Waals surface area contributed by atoms with Crippen LogP contribution in [0.2, 0.25) is 5.02 Å². The van der Waals surface area contributed by atoms with E-state index in [1.54, 1.807) is 51.9 Å². The zero-order chi connectivity index (χ0) is 50.2. The number of fused-ring (bicyclic) bond motifs is 6. The van der Waals surface area contributed by atoms with E-state index in [4.69, 9.17) is 23.0 Å². The van der Waals surface area contributed by atoms with Crippen molar-refractivity contribution in [1.82, 2.24) is 38.6 Å². The van der Waals surface area contributed by atoms with Crippen molar-refractivity contribution in [2.45, 2.75) is 99.7 Å². The Morgan fingerprint density at radius 3 is 1.68 bits per heavy atom. The fourth-order valence-corrected chi connectivity index (χ4v) is 9.53. The van der Waals surface area contributed by atoms with E-state index in [1.807, 2.05) is 47.0 Å². The molecule has 0 fully saturated rings. The number of aromatic nitrogens is 8. The van der Waals surface area contributed by atoms with E-state index in [0.29, 0.717) is 74.6 Å². The minimum Gasteiger partial charge on any atom is -0.296 e. The van der Waals surface area contributed by atoms with Crippen LogP contribution in [-0.4, -0.2) is 38.6 Å². The van der Waals surface area contributed by atoms with Crippen LogP contribution >= 0.6 is 11.6 Å². The van der Waals surface area contributed by atoms with Gasteiger partial charge in [0.05, 0.1) is 32.3 Å². The molecule has 0 amide bonds. The number of rotatable bonds is 0. The third kappa shape index (κ3) is 10.6. The molecule has 0 saturated carbocycles. The summed E-state index contributed by atoms with van der Waals surface area (Å²) in [4.78, 5) is 60.4. The number of nitrogens with zero attached hydrogens (tertiary/aromatic N) is 8. The zero-order valence-electron chi connectivity index (χ0n) is 40.7. The highest BCUT2D eigenvalue weighted by molar-refractivity contribution is 6.35. The quantitative estimate of drug-likeness (QED) is 0.138. The van der Waals surface area contributed by atoms with Gasteiger partial charge in [0.2, 0.25) is 0 Å². The van der Waals surface area contributed by atoms with E-state index in [9.17, 15) is 18.8 Å². The van der Waals surface area contributed by atoms with Crippen LogP contribution in [0.4, 0.5) is 4.39 Å². The molecule has 11 rings (SSSR count). The van der Waals surface area contributed by atoms with Crippen LogP contribution in [0.5, 0.6) is 0 Å². The maximum absolute atomic E-state index is 14.6. The second kappa shape index (κ2) is 19.2. The van der Waals surface area contributed by atoms with Gasteiger partial charge in [0, 0.05) is 68.0 Å². The molecule has 0 bridgehead atoms. The lowest BCUT2D eigenvalue weighted by Gasteiger charge is -2.31. The highest BCUT2D eigenvalue weighted by Gasteiger charge is 2.30. The van der Waals surface area contributed by atoms with Crippen molar-refractivity contribution in [3.05, 3.63) is 179 Å². The summed E-state index contributed by atoms with van der Waals surface area (Å²) in [6.45, 7) is 15.1. The molecule has 3 aromatic carbocycles. The van der Waals surface area contributed by atoms with Gasteiger partial charge in [-0.15, -0.1) is 6.42 Å². The lowest BCUT2D eigenvalue weighted by molar-refractivity contribution is 0.240. The number of benzene rings is 3. The second-order valence-electron chi connectivity index (χ2n) is 20.7. The molecule has 0 saturated heterocycles. The summed E-state index contributed by atoms with van der Waals surface area (Å²) in [7, 11) is 0. The average molecular weight is 964 g/mol. The average Bonchev–Trinajstić information content (AvgIpc) is 3.33. The van der Waals surface area contributed by atoms with Gasteiger partial charge < -0.3 is 0 Å². The summed E-state index contributed by atoms with van der Waals surface area (Å²) in [6, 6.07) is 23.0. The van der Waals surface area contributed by atoms with Gasteiger partial charge in [-0.25, -0.2) is 29.3 Å². The number of terminal acetylenes is 1. The Balaban J connectivity index is 0.000000134. The normalized spacial score (nSPS) is 15.6. The van der Waals surface area contributed by atoms with Gasteiger partial charge in [-0.2, -0.15) is 0 Å². The standard InChI is InChI=1S/C21H18ClN3O.C21H18FN3O.C16H16N2O/c2*1-21(2)8-10-25-18(13-21)24-17-12-14(11-16(22)19(17)20(25)26)6-7-15-5-3-4-9-23-15;1-4-11-5-6-12-13(9-11)17-14-7-8-16(2,3)10-18(14)15(12)19/h2*3-5,9,11-12H,8,10,13H2,1-2H3;1,5-6,9H,7-8,10H2,2-3H3. The number of pyridine rings is 2. The molecule has 0 unspecified atom stereocenters. The Kier molecular flexibility index (Phi) is 13.1. The molecule has 8 aromatic rings. The van der Waals surface area contributed by atoms with Gasteiger partial charge in [0.1, 0.15) is 40.1 Å². The maximum Gasteiger partial charge on any atom is 0.264 e. The fraction of sp³-hybridized carbons (Fsp3) is 0.310. The molecule has 5 aromatic heterocycles. The van der Waals surface area contributed by atoms with Crippen molar-refractivity contribution in [2.24, 2.45) is 16.2 Å². The molecule has 0 aliphatic carbocycles. The Morgan fingerprint density at radius 1 is 0.577 bits per heavy atom. The monoisotopic (exact) mass is 962 g/mol. The van der Waals surface area contributed by atoms with E-state index < -0.39 is 5.82 Å². The van der Waals surface area contributed by atoms with Gasteiger partial charge in [0.25, 0.3) is 16.7 Å². The summed E-state index contributed by atoms with van der Waals surface area (Å²) in [5.74, 6) is 16.3. The van der Waals surface area contributed by atoms with Crippen LogP contribution in [0.3, 0.4) is 0 Å². The number of halogens is 2. The Morgan fingerprint density at radius 2 is 1.11 bits per heavy atom. The third-order valence-corrected chi connectivity index (χ3v) is 13.6. The molecular formula is C58H52ClFN8O3. The molecule has 13 heteroatoms. The molecule has 3 aliphatic heterocycles. The van der Waals surface area contributed by atoms with Crippen LogP contribution in [0.1, 0.15) is 106 Å². The van der Waals surface area contributed by atoms with Gasteiger partial charge in [0.15, 0.2) is 0 Å². The van der Waals surface area contributed by atoms with Crippen LogP contribution in [-0.2, 0) is 38.9 Å². The lowest BCUT2D eigenvalue weighted by atomic mass is 9.83. The highest BCUT2D eigenvalue weighted by Crippen LogP contribution is 2.33. The van der Waals surface area contributed by atoms with Crippen LogP contribution in [0, 0.1) is 58.1 Å². The Bertz CT molecular complexity index is 3610. The Labute approximate surface area is 416 Å². The van der Waals surface area contributed by atoms with E-state index in [2.05, 4.69) is 91.1 Å². The molecular weight excluding hydrogens is 911 g/mol. The molecule has 0 N–H and O–H groups in total. The van der Waals surface area contributed by atoms with Gasteiger partial charge >= 0.3 is 0 Å². The van der Waals surface area contributed by atoms with E-state index in [0.717, 1.165) is 61.4 Å². The number of hydrogen-bond acceptors (Lipinski definition) is 8. The first-order valence-electron chi connectivity index (χ1n) is 23.7. The first kappa shape index (κ1) is 48.3. The van der Waals surface area contributed by atoms with Gasteiger partial charge in [-0.3, -0.25) is 28.1 Å². The number of hydrogen-bond donors (Lipinski definition) is 0. The first-order valence-corrected chi connectivity index (χ1v) is 24.1. The molecule has 11 nitrogen and oxygen atoms in total. The molecule has 8 heterocycles. The highest BCUT2D eigenvalue weighted by atomic mass is 35.5. The first-order chi connectivity index (χ1) is 33.9. The fourth-order valence-electron chi connectivity index (χ4n) is 9.24. The smallest absolute Gasteiger partial charge is 0.264 e. The molecule has 0 radical (unpaired) electrons. The SMILES string of the molecule is C#Cc1ccc2c(=O)n3c(nc2c1)CCC(C)(C)C3.CC1(C)CCn2c(nc3cc(C#Cc4ccccn4)cc(Cl)c3c2=O)C1.CC1(C)CCn2c(nc3cc(C#Cc4ccccn4)cc(F)c3c2=O)C1. The minimum atomic E-state index is -0.578. The molecule has 0 atom stereocenters. The molecule has 0 spiro atoms. The maximum atomic E-state index is 14.6. The lowest BCUT2D eigenvalue weighted by Crippen LogP contribution is -2.36. The van der Waals surface area contributed by atoms with Gasteiger partial charge in [-0.1, -0.05) is 83.0 Å². The van der Waals surface area contributed by atoms with Crippen LogP contribution in [0.25, 0.3) is 32.7 Å². The number of aryl methyl sites for hydroxylation is 1. The summed E-state index contributed by atoms with van der Waals surface area (Å²) >= 11 is 6.41. The van der Waals surface area contributed by atoms with Crippen LogP contribution in [0.15, 0.2) is 106 Å². The summed E-state index contributed by atoms with van der Waals surface area (Å²) in [5, 5.41) is 1.56. The minimum absolute atomic E-state index is 0.0387. The van der Waals surface area contributed by atoms with Crippen molar-refractivity contribution >= 4 is 44.3 Å². The molecule has 356 valence electrons. The van der Waals surface area contributed by atoms with Crippen molar-refractivity contribution in [3.8, 4) is 36.0 Å². The van der Waals surface area contributed by atoms with Crippen molar-refractivity contribution in [2.75, 3.05) is 0 Å². The largest absolute Gasteiger partial charge is 0.296 e.